The molecule has 0 bridgehead atoms. The molecule has 112 valence electrons. The molecule has 0 fully saturated rings. The first-order valence-corrected chi connectivity index (χ1v) is 7.53. The molecule has 2 rings (SSSR count). The van der Waals surface area contributed by atoms with Gasteiger partial charge in [-0.3, -0.25) is 0 Å². The van der Waals surface area contributed by atoms with E-state index in [0.717, 1.165) is 11.3 Å². The summed E-state index contributed by atoms with van der Waals surface area (Å²) in [4.78, 5) is 0. The molecule has 0 aliphatic rings. The standard InChI is InChI=1S/C19H25NO/c1-13(2)18-10-9-17(11-15(18)4)21-12-19(20)16-7-5-14(3)6-8-16/h5-11,13,19H,12,20H2,1-4H3. The van der Waals surface area contributed by atoms with Crippen LogP contribution in [0.2, 0.25) is 0 Å². The van der Waals surface area contributed by atoms with E-state index in [4.69, 9.17) is 10.5 Å². The van der Waals surface area contributed by atoms with Gasteiger partial charge in [-0.25, -0.2) is 0 Å². The third-order valence-corrected chi connectivity index (χ3v) is 3.80. The van der Waals surface area contributed by atoms with Gasteiger partial charge in [0.25, 0.3) is 0 Å². The first-order valence-electron chi connectivity index (χ1n) is 7.53. The molecule has 0 heterocycles. The van der Waals surface area contributed by atoms with Crippen molar-refractivity contribution in [3.63, 3.8) is 0 Å². The minimum atomic E-state index is -0.101. The summed E-state index contributed by atoms with van der Waals surface area (Å²) >= 11 is 0. The Bertz CT molecular complexity index is 587. The molecule has 2 N–H and O–H groups in total. The highest BCUT2D eigenvalue weighted by atomic mass is 16.5. The molecule has 0 aliphatic carbocycles. The summed E-state index contributed by atoms with van der Waals surface area (Å²) < 4.78 is 5.84. The van der Waals surface area contributed by atoms with E-state index in [1.807, 2.05) is 6.07 Å². The lowest BCUT2D eigenvalue weighted by atomic mass is 9.98. The summed E-state index contributed by atoms with van der Waals surface area (Å²) in [5, 5.41) is 0. The van der Waals surface area contributed by atoms with Gasteiger partial charge < -0.3 is 10.5 Å². The second kappa shape index (κ2) is 6.77. The zero-order valence-electron chi connectivity index (χ0n) is 13.4. The Hall–Kier alpha value is -1.80. The van der Waals surface area contributed by atoms with Crippen LogP contribution in [0.5, 0.6) is 5.75 Å². The number of rotatable bonds is 5. The van der Waals surface area contributed by atoms with Crippen LogP contribution in [0.1, 0.15) is 48.1 Å². The van der Waals surface area contributed by atoms with Crippen LogP contribution >= 0.6 is 0 Å². The topological polar surface area (TPSA) is 35.2 Å². The summed E-state index contributed by atoms with van der Waals surface area (Å²) in [5.74, 6) is 1.42. The van der Waals surface area contributed by atoms with Crippen LogP contribution < -0.4 is 10.5 Å². The Balaban J connectivity index is 1.99. The van der Waals surface area contributed by atoms with E-state index >= 15 is 0 Å². The smallest absolute Gasteiger partial charge is 0.119 e. The van der Waals surface area contributed by atoms with E-state index in [2.05, 4.69) is 64.1 Å². The molecular weight excluding hydrogens is 258 g/mol. The van der Waals surface area contributed by atoms with Gasteiger partial charge in [-0.15, -0.1) is 0 Å². The van der Waals surface area contributed by atoms with E-state index in [9.17, 15) is 0 Å². The maximum absolute atomic E-state index is 6.18. The summed E-state index contributed by atoms with van der Waals surface area (Å²) in [6.45, 7) is 9.10. The summed E-state index contributed by atoms with van der Waals surface area (Å²) in [6, 6.07) is 14.5. The van der Waals surface area contributed by atoms with Gasteiger partial charge in [-0.05, 0) is 48.6 Å². The quantitative estimate of drug-likeness (QED) is 0.876. The van der Waals surface area contributed by atoms with Crippen molar-refractivity contribution in [2.45, 2.75) is 39.7 Å². The van der Waals surface area contributed by atoms with Gasteiger partial charge in [0, 0.05) is 0 Å². The SMILES string of the molecule is Cc1ccc(C(N)COc2ccc(C(C)C)c(C)c2)cc1. The van der Waals surface area contributed by atoms with Crippen molar-refractivity contribution in [1.82, 2.24) is 0 Å². The first kappa shape index (κ1) is 15.6. The number of hydrogen-bond acceptors (Lipinski definition) is 2. The number of aryl methyl sites for hydroxylation is 2. The Morgan fingerprint density at radius 2 is 1.67 bits per heavy atom. The first-order chi connectivity index (χ1) is 9.97. The zero-order chi connectivity index (χ0) is 15.4. The fraction of sp³-hybridized carbons (Fsp3) is 0.368. The van der Waals surface area contributed by atoms with E-state index in [-0.39, 0.29) is 6.04 Å². The molecule has 0 amide bonds. The third kappa shape index (κ3) is 4.08. The van der Waals surface area contributed by atoms with Crippen molar-refractivity contribution in [3.8, 4) is 5.75 Å². The minimum Gasteiger partial charge on any atom is -0.492 e. The molecule has 2 aromatic carbocycles. The largest absolute Gasteiger partial charge is 0.492 e. The van der Waals surface area contributed by atoms with Crippen molar-refractivity contribution in [1.29, 1.82) is 0 Å². The molecule has 2 aromatic rings. The molecular formula is C19H25NO. The predicted octanol–water partition coefficient (Wildman–Crippen LogP) is 4.51. The third-order valence-electron chi connectivity index (χ3n) is 3.80. The highest BCUT2D eigenvalue weighted by molar-refractivity contribution is 5.36. The van der Waals surface area contributed by atoms with Gasteiger partial charge in [0.05, 0.1) is 6.04 Å². The van der Waals surface area contributed by atoms with Gasteiger partial charge in [0.2, 0.25) is 0 Å². The normalized spacial score (nSPS) is 12.5. The van der Waals surface area contributed by atoms with Crippen LogP contribution in [-0.2, 0) is 0 Å². The average molecular weight is 283 g/mol. The lowest BCUT2D eigenvalue weighted by molar-refractivity contribution is 0.290. The molecule has 0 aliphatic heterocycles. The van der Waals surface area contributed by atoms with Gasteiger partial charge in [0.1, 0.15) is 12.4 Å². The lowest BCUT2D eigenvalue weighted by Crippen LogP contribution is -2.19. The molecule has 0 radical (unpaired) electrons. The molecule has 0 saturated heterocycles. The molecule has 2 nitrogen and oxygen atoms in total. The lowest BCUT2D eigenvalue weighted by Gasteiger charge is -2.16. The second-order valence-electron chi connectivity index (χ2n) is 6.00. The fourth-order valence-corrected chi connectivity index (χ4v) is 2.48. The average Bonchev–Trinajstić information content (AvgIpc) is 2.45. The van der Waals surface area contributed by atoms with Crippen molar-refractivity contribution in [2.24, 2.45) is 5.73 Å². The molecule has 0 spiro atoms. The zero-order valence-corrected chi connectivity index (χ0v) is 13.4. The van der Waals surface area contributed by atoms with E-state index in [0.29, 0.717) is 12.5 Å². The Morgan fingerprint density at radius 1 is 1.00 bits per heavy atom. The number of benzene rings is 2. The van der Waals surface area contributed by atoms with Gasteiger partial charge in [0.15, 0.2) is 0 Å². The van der Waals surface area contributed by atoms with Gasteiger partial charge >= 0.3 is 0 Å². The van der Waals surface area contributed by atoms with Crippen LogP contribution in [0.4, 0.5) is 0 Å². The molecule has 0 saturated carbocycles. The van der Waals surface area contributed by atoms with Crippen molar-refractivity contribution >= 4 is 0 Å². The Morgan fingerprint density at radius 3 is 2.24 bits per heavy atom. The van der Waals surface area contributed by atoms with Crippen LogP contribution in [0.25, 0.3) is 0 Å². The van der Waals surface area contributed by atoms with Crippen molar-refractivity contribution < 1.29 is 4.74 Å². The molecule has 1 atom stereocenters. The Labute approximate surface area is 127 Å². The maximum Gasteiger partial charge on any atom is 0.119 e. The Kier molecular flexibility index (Phi) is 5.03. The predicted molar refractivity (Wildman–Crippen MR) is 88.9 cm³/mol. The summed E-state index contributed by atoms with van der Waals surface area (Å²) in [6.07, 6.45) is 0. The highest BCUT2D eigenvalue weighted by Gasteiger charge is 2.08. The number of ether oxygens (including phenoxy) is 1. The summed E-state index contributed by atoms with van der Waals surface area (Å²) in [7, 11) is 0. The van der Waals surface area contributed by atoms with Crippen LogP contribution in [0.3, 0.4) is 0 Å². The van der Waals surface area contributed by atoms with Gasteiger partial charge in [-0.1, -0.05) is 49.7 Å². The van der Waals surface area contributed by atoms with E-state index < -0.39 is 0 Å². The number of hydrogen-bond donors (Lipinski definition) is 1. The molecule has 2 heteroatoms. The molecule has 21 heavy (non-hydrogen) atoms. The van der Waals surface area contributed by atoms with Crippen molar-refractivity contribution in [3.05, 3.63) is 64.7 Å². The maximum atomic E-state index is 6.18. The van der Waals surface area contributed by atoms with E-state index in [1.54, 1.807) is 0 Å². The van der Waals surface area contributed by atoms with Crippen LogP contribution in [0.15, 0.2) is 42.5 Å². The number of nitrogens with two attached hydrogens (primary N) is 1. The van der Waals surface area contributed by atoms with Crippen molar-refractivity contribution in [2.75, 3.05) is 6.61 Å². The van der Waals surface area contributed by atoms with Gasteiger partial charge in [-0.2, -0.15) is 0 Å². The molecule has 1 unspecified atom stereocenters. The van der Waals surface area contributed by atoms with Crippen LogP contribution in [-0.4, -0.2) is 6.61 Å². The second-order valence-corrected chi connectivity index (χ2v) is 6.00. The summed E-state index contributed by atoms with van der Waals surface area (Å²) in [5.41, 5.74) is 11.2. The monoisotopic (exact) mass is 283 g/mol. The minimum absolute atomic E-state index is 0.101. The highest BCUT2D eigenvalue weighted by Crippen LogP contribution is 2.24. The van der Waals surface area contributed by atoms with E-state index in [1.165, 1.54) is 16.7 Å². The fourth-order valence-electron chi connectivity index (χ4n) is 2.48. The van der Waals surface area contributed by atoms with Crippen LogP contribution in [0, 0.1) is 13.8 Å². The molecule has 0 aromatic heterocycles.